The standard InChI is InChI=1S/C15H22N2O2/c1-12-9-16-10-14(12)15(19)17(7-8-18)11-13-5-3-2-4-6-13/h2-6,12,14,16,18H,7-11H2,1H3/t12-,14-/m1/s1. The zero-order chi connectivity index (χ0) is 13.7. The molecule has 1 heterocycles. The molecule has 1 fully saturated rings. The van der Waals surface area contributed by atoms with E-state index in [0.29, 0.717) is 19.0 Å². The number of hydrogen-bond acceptors (Lipinski definition) is 3. The van der Waals surface area contributed by atoms with Crippen LogP contribution in [0.15, 0.2) is 30.3 Å². The van der Waals surface area contributed by atoms with Gasteiger partial charge < -0.3 is 15.3 Å². The Labute approximate surface area is 114 Å². The van der Waals surface area contributed by atoms with E-state index in [1.807, 2.05) is 30.3 Å². The second-order valence-electron chi connectivity index (χ2n) is 5.21. The van der Waals surface area contributed by atoms with E-state index < -0.39 is 0 Å². The second-order valence-corrected chi connectivity index (χ2v) is 5.21. The van der Waals surface area contributed by atoms with Crippen LogP contribution in [0.3, 0.4) is 0 Å². The quantitative estimate of drug-likeness (QED) is 0.827. The molecule has 1 aromatic rings. The van der Waals surface area contributed by atoms with E-state index in [1.165, 1.54) is 0 Å². The SMILES string of the molecule is C[C@@H]1CNC[C@H]1C(=O)N(CCO)Cc1ccccc1. The van der Waals surface area contributed by atoms with Crippen LogP contribution < -0.4 is 5.32 Å². The molecule has 2 atom stereocenters. The number of nitrogens with zero attached hydrogens (tertiary/aromatic N) is 1. The molecule has 0 spiro atoms. The molecule has 1 aliphatic heterocycles. The van der Waals surface area contributed by atoms with Crippen molar-refractivity contribution in [1.82, 2.24) is 10.2 Å². The van der Waals surface area contributed by atoms with Crippen molar-refractivity contribution >= 4 is 5.91 Å². The van der Waals surface area contributed by atoms with Crippen molar-refractivity contribution in [2.45, 2.75) is 13.5 Å². The van der Waals surface area contributed by atoms with Crippen LogP contribution in [0, 0.1) is 11.8 Å². The number of hydrogen-bond donors (Lipinski definition) is 2. The zero-order valence-corrected chi connectivity index (χ0v) is 11.4. The first kappa shape index (κ1) is 14.0. The number of aliphatic hydroxyl groups excluding tert-OH is 1. The number of carbonyl (C=O) groups excluding carboxylic acids is 1. The molecule has 0 radical (unpaired) electrons. The van der Waals surface area contributed by atoms with Gasteiger partial charge >= 0.3 is 0 Å². The lowest BCUT2D eigenvalue weighted by atomic mass is 9.96. The van der Waals surface area contributed by atoms with Crippen LogP contribution in [0.1, 0.15) is 12.5 Å². The van der Waals surface area contributed by atoms with Gasteiger partial charge in [0.05, 0.1) is 12.5 Å². The van der Waals surface area contributed by atoms with E-state index in [2.05, 4.69) is 12.2 Å². The fraction of sp³-hybridized carbons (Fsp3) is 0.533. The molecule has 1 amide bonds. The van der Waals surface area contributed by atoms with E-state index in [4.69, 9.17) is 5.11 Å². The molecule has 1 aliphatic rings. The van der Waals surface area contributed by atoms with Crippen molar-refractivity contribution in [2.75, 3.05) is 26.2 Å². The number of rotatable bonds is 5. The van der Waals surface area contributed by atoms with Gasteiger partial charge in [-0.3, -0.25) is 4.79 Å². The molecule has 4 heteroatoms. The maximum atomic E-state index is 12.5. The van der Waals surface area contributed by atoms with E-state index in [1.54, 1.807) is 4.90 Å². The van der Waals surface area contributed by atoms with Crippen LogP contribution in [0.5, 0.6) is 0 Å². The third-order valence-corrected chi connectivity index (χ3v) is 3.73. The van der Waals surface area contributed by atoms with Gasteiger partial charge in [-0.1, -0.05) is 37.3 Å². The Bertz CT molecular complexity index is 408. The van der Waals surface area contributed by atoms with Crippen LogP contribution in [0.2, 0.25) is 0 Å². The Morgan fingerprint density at radius 2 is 2.11 bits per heavy atom. The Hall–Kier alpha value is -1.39. The largest absolute Gasteiger partial charge is 0.395 e. The molecule has 0 unspecified atom stereocenters. The average Bonchev–Trinajstić information content (AvgIpc) is 2.85. The number of nitrogens with one attached hydrogen (secondary N) is 1. The van der Waals surface area contributed by atoms with Gasteiger partial charge in [0.15, 0.2) is 0 Å². The Morgan fingerprint density at radius 3 is 2.68 bits per heavy atom. The van der Waals surface area contributed by atoms with Crippen molar-refractivity contribution in [3.63, 3.8) is 0 Å². The minimum atomic E-state index is 0.00705. The number of carbonyl (C=O) groups is 1. The zero-order valence-electron chi connectivity index (χ0n) is 11.4. The fourth-order valence-electron chi connectivity index (χ4n) is 2.57. The second kappa shape index (κ2) is 6.68. The van der Waals surface area contributed by atoms with Crippen LogP contribution in [-0.2, 0) is 11.3 Å². The summed E-state index contributed by atoms with van der Waals surface area (Å²) < 4.78 is 0. The molecule has 0 aromatic heterocycles. The van der Waals surface area contributed by atoms with E-state index in [-0.39, 0.29) is 18.4 Å². The molecule has 0 aliphatic carbocycles. The lowest BCUT2D eigenvalue weighted by molar-refractivity contribution is -0.137. The maximum Gasteiger partial charge on any atom is 0.227 e. The molecule has 1 saturated heterocycles. The third kappa shape index (κ3) is 3.55. The van der Waals surface area contributed by atoms with Gasteiger partial charge in [-0.2, -0.15) is 0 Å². The van der Waals surface area contributed by atoms with E-state index in [9.17, 15) is 4.79 Å². The lowest BCUT2D eigenvalue weighted by Gasteiger charge is -2.26. The third-order valence-electron chi connectivity index (χ3n) is 3.73. The molecule has 4 nitrogen and oxygen atoms in total. The molecule has 2 N–H and O–H groups in total. The van der Waals surface area contributed by atoms with Crippen molar-refractivity contribution in [3.05, 3.63) is 35.9 Å². The minimum absolute atomic E-state index is 0.00705. The van der Waals surface area contributed by atoms with Crippen LogP contribution in [0.4, 0.5) is 0 Å². The summed E-state index contributed by atoms with van der Waals surface area (Å²) in [6.45, 7) is 4.72. The highest BCUT2D eigenvalue weighted by Crippen LogP contribution is 2.19. The summed E-state index contributed by atoms with van der Waals surface area (Å²) in [4.78, 5) is 14.3. The van der Waals surface area contributed by atoms with Gasteiger partial charge in [0.25, 0.3) is 0 Å². The van der Waals surface area contributed by atoms with Gasteiger partial charge in [0.1, 0.15) is 0 Å². The summed E-state index contributed by atoms with van der Waals surface area (Å²) in [6, 6.07) is 9.92. The Balaban J connectivity index is 2.04. The number of amides is 1. The minimum Gasteiger partial charge on any atom is -0.395 e. The van der Waals surface area contributed by atoms with Gasteiger partial charge in [0, 0.05) is 19.6 Å². The monoisotopic (exact) mass is 262 g/mol. The van der Waals surface area contributed by atoms with Crippen molar-refractivity contribution in [1.29, 1.82) is 0 Å². The van der Waals surface area contributed by atoms with Crippen molar-refractivity contribution < 1.29 is 9.90 Å². The summed E-state index contributed by atoms with van der Waals surface area (Å²) in [5.41, 5.74) is 1.10. The molecule has 2 rings (SSSR count). The molecule has 1 aromatic carbocycles. The molecular formula is C15H22N2O2. The molecular weight excluding hydrogens is 240 g/mol. The molecule has 104 valence electrons. The smallest absolute Gasteiger partial charge is 0.227 e. The topological polar surface area (TPSA) is 52.6 Å². The van der Waals surface area contributed by atoms with Gasteiger partial charge in [-0.05, 0) is 18.0 Å². The Kier molecular flexibility index (Phi) is 4.93. The first-order valence-corrected chi connectivity index (χ1v) is 6.86. The first-order chi connectivity index (χ1) is 9.22. The molecule has 19 heavy (non-hydrogen) atoms. The first-order valence-electron chi connectivity index (χ1n) is 6.86. The summed E-state index contributed by atoms with van der Waals surface area (Å²) in [5, 5.41) is 12.4. The van der Waals surface area contributed by atoms with E-state index in [0.717, 1.165) is 18.7 Å². The highest BCUT2D eigenvalue weighted by Gasteiger charge is 2.32. The van der Waals surface area contributed by atoms with Gasteiger partial charge in [-0.25, -0.2) is 0 Å². The van der Waals surface area contributed by atoms with Crippen LogP contribution in [-0.4, -0.2) is 42.2 Å². The number of aliphatic hydroxyl groups is 1. The number of benzene rings is 1. The predicted octanol–water partition coefficient (Wildman–Crippen LogP) is 0.863. The maximum absolute atomic E-state index is 12.5. The van der Waals surface area contributed by atoms with Crippen LogP contribution >= 0.6 is 0 Å². The summed E-state index contributed by atoms with van der Waals surface area (Å²) in [7, 11) is 0. The molecule has 0 saturated carbocycles. The molecule has 0 bridgehead atoms. The fourth-order valence-corrected chi connectivity index (χ4v) is 2.57. The lowest BCUT2D eigenvalue weighted by Crippen LogP contribution is -2.40. The van der Waals surface area contributed by atoms with Crippen molar-refractivity contribution in [3.8, 4) is 0 Å². The van der Waals surface area contributed by atoms with E-state index >= 15 is 0 Å². The Morgan fingerprint density at radius 1 is 1.37 bits per heavy atom. The summed E-state index contributed by atoms with van der Waals surface area (Å²) in [6.07, 6.45) is 0. The van der Waals surface area contributed by atoms with Gasteiger partial charge in [-0.15, -0.1) is 0 Å². The summed E-state index contributed by atoms with van der Waals surface area (Å²) >= 11 is 0. The van der Waals surface area contributed by atoms with Crippen LogP contribution in [0.25, 0.3) is 0 Å². The predicted molar refractivity (Wildman–Crippen MR) is 74.5 cm³/mol. The highest BCUT2D eigenvalue weighted by molar-refractivity contribution is 5.79. The normalized spacial score (nSPS) is 22.4. The summed E-state index contributed by atoms with van der Waals surface area (Å²) in [5.74, 6) is 0.551. The van der Waals surface area contributed by atoms with Crippen molar-refractivity contribution in [2.24, 2.45) is 11.8 Å². The van der Waals surface area contributed by atoms with Gasteiger partial charge in [0.2, 0.25) is 5.91 Å². The average molecular weight is 262 g/mol. The highest BCUT2D eigenvalue weighted by atomic mass is 16.3.